The number of nitrogens with zero attached hydrogens (tertiary/aromatic N) is 3. The second kappa shape index (κ2) is 9.74. The molecule has 9 heteroatoms. The number of hydrogen-bond acceptors (Lipinski definition) is 6. The van der Waals surface area contributed by atoms with E-state index in [0.29, 0.717) is 40.7 Å². The third-order valence-electron chi connectivity index (χ3n) is 6.98. The van der Waals surface area contributed by atoms with Crippen LogP contribution in [0.5, 0.6) is 0 Å². The molecular weight excluding hydrogens is 471 g/mol. The number of carbonyl (C=O) groups is 1. The number of nitrogen functional groups attached to an aromatic ring is 1. The van der Waals surface area contributed by atoms with E-state index in [-0.39, 0.29) is 30.0 Å². The molecule has 0 aliphatic heterocycles. The number of nitrogens with one attached hydrogen (secondary N) is 2. The number of benzene rings is 2. The van der Waals surface area contributed by atoms with Gasteiger partial charge < -0.3 is 16.2 Å². The summed E-state index contributed by atoms with van der Waals surface area (Å²) in [5.74, 6) is -0.647. The average molecular weight is 501 g/mol. The lowest BCUT2D eigenvalue weighted by Crippen LogP contribution is -2.47. The first kappa shape index (κ1) is 24.6. The highest BCUT2D eigenvalue weighted by Gasteiger charge is 2.36. The van der Waals surface area contributed by atoms with E-state index in [1.54, 1.807) is 53.5 Å². The van der Waals surface area contributed by atoms with Crippen LogP contribution in [0, 0.1) is 18.2 Å². The zero-order chi connectivity index (χ0) is 26.2. The number of aryl methyl sites for hydroxylation is 1. The maximum atomic E-state index is 13.8. The Morgan fingerprint density at radius 2 is 2.08 bits per heavy atom. The minimum atomic E-state index is -1.09. The van der Waals surface area contributed by atoms with Crippen LogP contribution >= 0.6 is 0 Å². The lowest BCUT2D eigenvalue weighted by Gasteiger charge is -2.37. The van der Waals surface area contributed by atoms with Gasteiger partial charge in [-0.15, -0.1) is 0 Å². The van der Waals surface area contributed by atoms with Crippen molar-refractivity contribution >= 4 is 28.2 Å². The molecule has 190 valence electrons. The quantitative estimate of drug-likeness (QED) is 0.235. The molecule has 1 aliphatic rings. The van der Waals surface area contributed by atoms with Crippen molar-refractivity contribution in [3.8, 4) is 0 Å². The monoisotopic (exact) mass is 500 g/mol. The van der Waals surface area contributed by atoms with Crippen LogP contribution < -0.4 is 11.1 Å². The number of halogens is 1. The Morgan fingerprint density at radius 1 is 1.24 bits per heavy atom. The molecule has 0 saturated heterocycles. The van der Waals surface area contributed by atoms with Crippen molar-refractivity contribution < 1.29 is 14.3 Å². The van der Waals surface area contributed by atoms with Gasteiger partial charge in [0.15, 0.2) is 0 Å². The van der Waals surface area contributed by atoms with Gasteiger partial charge in [-0.1, -0.05) is 0 Å². The van der Waals surface area contributed by atoms with E-state index in [9.17, 15) is 14.3 Å². The first-order valence-corrected chi connectivity index (χ1v) is 12.3. The van der Waals surface area contributed by atoms with Gasteiger partial charge in [0.05, 0.1) is 29.6 Å². The molecule has 0 bridgehead atoms. The van der Waals surface area contributed by atoms with Gasteiger partial charge in [-0.05, 0) is 81.1 Å². The summed E-state index contributed by atoms with van der Waals surface area (Å²) in [5, 5.41) is 28.2. The van der Waals surface area contributed by atoms with E-state index in [0.717, 1.165) is 23.9 Å². The van der Waals surface area contributed by atoms with Gasteiger partial charge in [0.25, 0.3) is 5.91 Å². The highest BCUT2D eigenvalue weighted by Crippen LogP contribution is 2.31. The Labute approximate surface area is 213 Å². The summed E-state index contributed by atoms with van der Waals surface area (Å²) in [6.07, 6.45) is 5.67. The number of pyridine rings is 1. The van der Waals surface area contributed by atoms with E-state index in [4.69, 9.17) is 11.1 Å². The molecule has 2 atom stereocenters. The molecule has 0 spiro atoms. The normalized spacial score (nSPS) is 19.6. The minimum absolute atomic E-state index is 0.209. The Hall–Kier alpha value is -4.11. The summed E-state index contributed by atoms with van der Waals surface area (Å²) in [7, 11) is 0. The Kier molecular flexibility index (Phi) is 6.47. The van der Waals surface area contributed by atoms with Crippen LogP contribution in [0.15, 0.2) is 60.9 Å². The van der Waals surface area contributed by atoms with Crippen LogP contribution in [0.1, 0.15) is 52.9 Å². The molecule has 1 aliphatic carbocycles. The van der Waals surface area contributed by atoms with Gasteiger partial charge in [-0.25, -0.2) is 4.39 Å². The Bertz CT molecular complexity index is 1500. The van der Waals surface area contributed by atoms with Crippen molar-refractivity contribution in [1.29, 1.82) is 5.41 Å². The minimum Gasteiger partial charge on any atom is -0.398 e. The number of rotatable bonds is 6. The van der Waals surface area contributed by atoms with Gasteiger partial charge in [-0.2, -0.15) is 5.10 Å². The number of nitrogens with two attached hydrogens (primary N) is 1. The largest absolute Gasteiger partial charge is 0.398 e. The molecule has 2 heterocycles. The van der Waals surface area contributed by atoms with Gasteiger partial charge in [0, 0.05) is 45.7 Å². The molecule has 4 aromatic rings. The summed E-state index contributed by atoms with van der Waals surface area (Å²) in [6, 6.07) is 12.7. The predicted molar refractivity (Wildman–Crippen MR) is 140 cm³/mol. The summed E-state index contributed by atoms with van der Waals surface area (Å²) in [4.78, 5) is 17.3. The maximum Gasteiger partial charge on any atom is 0.251 e. The molecule has 0 radical (unpaired) electrons. The molecule has 5 N–H and O–H groups in total. The molecule has 2 aromatic heterocycles. The lowest BCUT2D eigenvalue weighted by molar-refractivity contribution is -0.0227. The second-order valence-electron chi connectivity index (χ2n) is 9.86. The molecule has 5 rings (SSSR count). The number of aliphatic hydroxyl groups is 1. The standard InChI is InChI=1S/C28H29FN6O2/c1-17-11-18(8-10-32-17)26(31)23-12-19(5-7-24(23)30)27(36)34-22-3-2-9-28(37,14-22)16-35-25-13-21(29)6-4-20(25)15-33-35/h4-8,10-13,15,22,31,37H,2-3,9,14,16,30H2,1H3,(H,34,36)/t22-,28-/m0/s1. The summed E-state index contributed by atoms with van der Waals surface area (Å²) >= 11 is 0. The molecule has 1 fully saturated rings. The fourth-order valence-corrected chi connectivity index (χ4v) is 5.09. The number of carbonyl (C=O) groups excluding carboxylic acids is 1. The van der Waals surface area contributed by atoms with Crippen LogP contribution in [-0.2, 0) is 6.54 Å². The third kappa shape index (κ3) is 5.22. The number of fused-ring (bicyclic) bond motifs is 1. The summed E-state index contributed by atoms with van der Waals surface area (Å²) in [6.45, 7) is 2.06. The number of hydrogen-bond donors (Lipinski definition) is 4. The van der Waals surface area contributed by atoms with E-state index >= 15 is 0 Å². The Balaban J connectivity index is 1.30. The molecule has 1 amide bonds. The van der Waals surface area contributed by atoms with Crippen LogP contribution in [-0.4, -0.2) is 43.1 Å². The van der Waals surface area contributed by atoms with Crippen molar-refractivity contribution in [2.75, 3.05) is 5.73 Å². The fourth-order valence-electron chi connectivity index (χ4n) is 5.09. The van der Waals surface area contributed by atoms with Crippen LogP contribution in [0.3, 0.4) is 0 Å². The summed E-state index contributed by atoms with van der Waals surface area (Å²) < 4.78 is 15.4. The highest BCUT2D eigenvalue weighted by atomic mass is 19.1. The van der Waals surface area contributed by atoms with Crippen molar-refractivity contribution in [3.63, 3.8) is 0 Å². The van der Waals surface area contributed by atoms with Crippen molar-refractivity contribution in [3.05, 3.63) is 89.1 Å². The number of aromatic nitrogens is 3. The second-order valence-corrected chi connectivity index (χ2v) is 9.86. The smallest absolute Gasteiger partial charge is 0.251 e. The highest BCUT2D eigenvalue weighted by molar-refractivity contribution is 6.14. The molecule has 8 nitrogen and oxygen atoms in total. The fraction of sp³-hybridized carbons (Fsp3) is 0.286. The first-order valence-electron chi connectivity index (χ1n) is 12.3. The Morgan fingerprint density at radius 3 is 2.89 bits per heavy atom. The zero-order valence-corrected chi connectivity index (χ0v) is 20.5. The van der Waals surface area contributed by atoms with E-state index in [1.165, 1.54) is 12.1 Å². The van der Waals surface area contributed by atoms with Crippen molar-refractivity contribution in [1.82, 2.24) is 20.1 Å². The molecular formula is C28H29FN6O2. The van der Waals surface area contributed by atoms with Crippen LogP contribution in [0.25, 0.3) is 10.9 Å². The van der Waals surface area contributed by atoms with Gasteiger partial charge in [0.2, 0.25) is 0 Å². The van der Waals surface area contributed by atoms with Crippen molar-refractivity contribution in [2.24, 2.45) is 0 Å². The van der Waals surface area contributed by atoms with Gasteiger partial charge in [0.1, 0.15) is 5.82 Å². The van der Waals surface area contributed by atoms with Gasteiger partial charge >= 0.3 is 0 Å². The van der Waals surface area contributed by atoms with Crippen molar-refractivity contribution in [2.45, 2.75) is 50.8 Å². The third-order valence-corrected chi connectivity index (χ3v) is 6.98. The number of amides is 1. The molecule has 1 saturated carbocycles. The molecule has 2 aromatic carbocycles. The SMILES string of the molecule is Cc1cc(C(=N)c2cc(C(=O)N[C@H]3CCC[C@@](O)(Cn4ncc5ccc(F)cc54)C3)ccc2N)ccn1. The number of anilines is 1. The van der Waals surface area contributed by atoms with Gasteiger partial charge in [-0.3, -0.25) is 19.9 Å². The molecule has 37 heavy (non-hydrogen) atoms. The van der Waals surface area contributed by atoms with E-state index in [2.05, 4.69) is 15.4 Å². The summed E-state index contributed by atoms with van der Waals surface area (Å²) in [5.41, 5.74) is 8.62. The van der Waals surface area contributed by atoms with E-state index < -0.39 is 5.60 Å². The maximum absolute atomic E-state index is 13.8. The predicted octanol–water partition coefficient (Wildman–Crippen LogP) is 3.98. The topological polar surface area (TPSA) is 130 Å². The van der Waals surface area contributed by atoms with Crippen LogP contribution in [0.2, 0.25) is 0 Å². The average Bonchev–Trinajstić information content (AvgIpc) is 3.25. The lowest BCUT2D eigenvalue weighted by atomic mass is 9.81. The molecule has 0 unspecified atom stereocenters. The van der Waals surface area contributed by atoms with Crippen LogP contribution in [0.4, 0.5) is 10.1 Å². The van der Waals surface area contributed by atoms with E-state index in [1.807, 2.05) is 6.92 Å². The first-order chi connectivity index (χ1) is 17.7. The zero-order valence-electron chi connectivity index (χ0n) is 20.5.